The van der Waals surface area contributed by atoms with Crippen molar-refractivity contribution in [2.45, 2.75) is 82.3 Å². The molecule has 1 nitrogen and oxygen atoms in total. The van der Waals surface area contributed by atoms with Gasteiger partial charge in [0.15, 0.2) is 0 Å². The van der Waals surface area contributed by atoms with Gasteiger partial charge in [-0.25, -0.2) is 0 Å². The average Bonchev–Trinajstić information content (AvgIpc) is 2.89. The van der Waals surface area contributed by atoms with E-state index in [1.807, 2.05) is 5.57 Å². The van der Waals surface area contributed by atoms with Crippen LogP contribution in [0.15, 0.2) is 11.6 Å². The van der Waals surface area contributed by atoms with Crippen LogP contribution in [0.3, 0.4) is 0 Å². The van der Waals surface area contributed by atoms with E-state index in [0.29, 0.717) is 6.10 Å². The van der Waals surface area contributed by atoms with Gasteiger partial charge in [0.2, 0.25) is 0 Å². The Morgan fingerprint density at radius 2 is 1.78 bits per heavy atom. The van der Waals surface area contributed by atoms with Crippen molar-refractivity contribution in [3.8, 4) is 0 Å². The van der Waals surface area contributed by atoms with Gasteiger partial charge in [-0.1, -0.05) is 37.3 Å². The van der Waals surface area contributed by atoms with E-state index in [1.165, 1.54) is 70.6 Å². The van der Waals surface area contributed by atoms with E-state index in [0.717, 1.165) is 11.8 Å². The molecule has 0 N–H and O–H groups in total. The van der Waals surface area contributed by atoms with E-state index in [4.69, 9.17) is 4.74 Å². The van der Waals surface area contributed by atoms with Gasteiger partial charge in [-0.05, 0) is 44.9 Å². The van der Waals surface area contributed by atoms with Gasteiger partial charge >= 0.3 is 0 Å². The Bertz CT molecular complexity index is 351. The zero-order valence-corrected chi connectivity index (χ0v) is 11.5. The second-order valence-corrected chi connectivity index (χ2v) is 7.01. The van der Waals surface area contributed by atoms with Gasteiger partial charge in [-0.3, -0.25) is 0 Å². The van der Waals surface area contributed by atoms with Crippen LogP contribution in [0.1, 0.15) is 70.6 Å². The lowest BCUT2D eigenvalue weighted by molar-refractivity contribution is -0.170. The van der Waals surface area contributed by atoms with Gasteiger partial charge in [-0.15, -0.1) is 0 Å². The van der Waals surface area contributed by atoms with Crippen LogP contribution < -0.4 is 0 Å². The Kier molecular flexibility index (Phi) is 2.80. The molecule has 0 unspecified atom stereocenters. The van der Waals surface area contributed by atoms with Gasteiger partial charge in [-0.2, -0.15) is 0 Å². The predicted octanol–water partition coefficient (Wildman–Crippen LogP) is 4.61. The van der Waals surface area contributed by atoms with Crippen LogP contribution in [0.25, 0.3) is 0 Å². The topological polar surface area (TPSA) is 9.23 Å². The van der Waals surface area contributed by atoms with Gasteiger partial charge in [0.1, 0.15) is 0 Å². The number of allylic oxidation sites excluding steroid dienone is 1. The molecule has 0 aromatic rings. The standard InChI is InChI=1S/C17H26O/c1-3-9-15-13(7-1)14-8-2-4-10-16(14)18-17(15)11-5-6-12-17/h7,14-16H,1-6,8-12H2/t14-,15+,16-/m0/s1. The van der Waals surface area contributed by atoms with Crippen LogP contribution in [-0.2, 0) is 4.74 Å². The molecular weight excluding hydrogens is 220 g/mol. The van der Waals surface area contributed by atoms with Crippen molar-refractivity contribution in [1.29, 1.82) is 0 Å². The second kappa shape index (κ2) is 4.37. The first-order valence-corrected chi connectivity index (χ1v) is 8.27. The van der Waals surface area contributed by atoms with E-state index in [2.05, 4.69) is 6.08 Å². The van der Waals surface area contributed by atoms with Gasteiger partial charge < -0.3 is 4.74 Å². The lowest BCUT2D eigenvalue weighted by atomic mass is 9.64. The summed E-state index contributed by atoms with van der Waals surface area (Å²) in [6, 6.07) is 0. The van der Waals surface area contributed by atoms with Crippen molar-refractivity contribution in [2.75, 3.05) is 0 Å². The Balaban J connectivity index is 1.71. The number of fused-ring (bicyclic) bond motifs is 4. The fourth-order valence-electron chi connectivity index (χ4n) is 5.32. The molecule has 1 saturated heterocycles. The third-order valence-corrected chi connectivity index (χ3v) is 6.08. The molecule has 0 aromatic heterocycles. The zero-order valence-electron chi connectivity index (χ0n) is 11.5. The molecule has 1 spiro atoms. The highest BCUT2D eigenvalue weighted by Crippen LogP contribution is 2.55. The largest absolute Gasteiger partial charge is 0.371 e. The highest BCUT2D eigenvalue weighted by atomic mass is 16.5. The first kappa shape index (κ1) is 11.5. The van der Waals surface area contributed by atoms with Gasteiger partial charge in [0.25, 0.3) is 0 Å². The molecule has 1 heterocycles. The first-order chi connectivity index (χ1) is 8.89. The smallest absolute Gasteiger partial charge is 0.0751 e. The van der Waals surface area contributed by atoms with Crippen LogP contribution in [0.4, 0.5) is 0 Å². The lowest BCUT2D eigenvalue weighted by Crippen LogP contribution is -2.52. The van der Waals surface area contributed by atoms with Crippen molar-refractivity contribution in [1.82, 2.24) is 0 Å². The molecule has 1 heteroatoms. The summed E-state index contributed by atoms with van der Waals surface area (Å²) in [5.74, 6) is 1.60. The summed E-state index contributed by atoms with van der Waals surface area (Å²) < 4.78 is 6.77. The summed E-state index contributed by atoms with van der Waals surface area (Å²) >= 11 is 0. The number of hydrogen-bond acceptors (Lipinski definition) is 1. The van der Waals surface area contributed by atoms with Crippen LogP contribution in [0.2, 0.25) is 0 Å². The van der Waals surface area contributed by atoms with Crippen LogP contribution >= 0.6 is 0 Å². The molecule has 4 rings (SSSR count). The molecule has 100 valence electrons. The Labute approximate surface area is 111 Å². The maximum Gasteiger partial charge on any atom is 0.0751 e. The van der Waals surface area contributed by atoms with Crippen molar-refractivity contribution in [3.63, 3.8) is 0 Å². The minimum atomic E-state index is 0.282. The Hall–Kier alpha value is -0.300. The fraction of sp³-hybridized carbons (Fsp3) is 0.882. The fourth-order valence-corrected chi connectivity index (χ4v) is 5.32. The molecule has 3 aliphatic carbocycles. The maximum absolute atomic E-state index is 6.77. The molecule has 0 amide bonds. The summed E-state index contributed by atoms with van der Waals surface area (Å²) in [4.78, 5) is 0. The van der Waals surface area contributed by atoms with Crippen molar-refractivity contribution < 1.29 is 4.74 Å². The van der Waals surface area contributed by atoms with E-state index >= 15 is 0 Å². The highest BCUT2D eigenvalue weighted by molar-refractivity contribution is 5.24. The monoisotopic (exact) mass is 246 g/mol. The minimum absolute atomic E-state index is 0.282. The van der Waals surface area contributed by atoms with Gasteiger partial charge in [0, 0.05) is 11.8 Å². The molecule has 0 aromatic carbocycles. The van der Waals surface area contributed by atoms with Crippen LogP contribution in [0, 0.1) is 11.8 Å². The number of rotatable bonds is 0. The minimum Gasteiger partial charge on any atom is -0.371 e. The molecule has 3 atom stereocenters. The molecule has 18 heavy (non-hydrogen) atoms. The molecule has 1 aliphatic heterocycles. The molecule has 2 saturated carbocycles. The van der Waals surface area contributed by atoms with Crippen molar-refractivity contribution in [3.05, 3.63) is 11.6 Å². The van der Waals surface area contributed by atoms with Crippen molar-refractivity contribution >= 4 is 0 Å². The maximum atomic E-state index is 6.77. The number of ether oxygens (including phenoxy) is 1. The van der Waals surface area contributed by atoms with Crippen LogP contribution in [0.5, 0.6) is 0 Å². The quantitative estimate of drug-likeness (QED) is 0.567. The van der Waals surface area contributed by atoms with E-state index in [9.17, 15) is 0 Å². The summed E-state index contributed by atoms with van der Waals surface area (Å²) in [6.45, 7) is 0. The molecule has 0 radical (unpaired) electrons. The Morgan fingerprint density at radius 3 is 2.67 bits per heavy atom. The SMILES string of the molecule is C1=C2[C@@H](CCC1)C1(CCCC1)O[C@H]1CCCC[C@@H]21. The normalized spacial score (nSPS) is 42.2. The summed E-state index contributed by atoms with van der Waals surface area (Å²) in [7, 11) is 0. The van der Waals surface area contributed by atoms with E-state index < -0.39 is 0 Å². The van der Waals surface area contributed by atoms with E-state index in [1.54, 1.807) is 0 Å². The molecule has 3 fully saturated rings. The summed E-state index contributed by atoms with van der Waals surface area (Å²) in [6.07, 6.45) is 18.4. The van der Waals surface area contributed by atoms with Crippen LogP contribution in [-0.4, -0.2) is 11.7 Å². The average molecular weight is 246 g/mol. The third-order valence-electron chi connectivity index (χ3n) is 6.08. The van der Waals surface area contributed by atoms with Gasteiger partial charge in [0.05, 0.1) is 11.7 Å². The molecule has 0 bridgehead atoms. The Morgan fingerprint density at radius 1 is 0.944 bits per heavy atom. The third kappa shape index (κ3) is 1.62. The first-order valence-electron chi connectivity index (χ1n) is 8.27. The second-order valence-electron chi connectivity index (χ2n) is 7.01. The highest BCUT2D eigenvalue weighted by Gasteiger charge is 2.52. The predicted molar refractivity (Wildman–Crippen MR) is 73.5 cm³/mol. The zero-order chi connectivity index (χ0) is 12.0. The summed E-state index contributed by atoms with van der Waals surface area (Å²) in [5, 5.41) is 0. The van der Waals surface area contributed by atoms with E-state index in [-0.39, 0.29) is 5.60 Å². The number of hydrogen-bond donors (Lipinski definition) is 0. The summed E-state index contributed by atoms with van der Waals surface area (Å²) in [5.41, 5.74) is 2.13. The molecule has 4 aliphatic rings. The lowest BCUT2D eigenvalue weighted by Gasteiger charge is -2.53. The van der Waals surface area contributed by atoms with Crippen molar-refractivity contribution in [2.24, 2.45) is 11.8 Å². The molecular formula is C17H26O.